The Balaban J connectivity index is 1.60. The van der Waals surface area contributed by atoms with E-state index in [1.54, 1.807) is 30.3 Å². The average molecular weight is 372 g/mol. The van der Waals surface area contributed by atoms with E-state index in [0.29, 0.717) is 11.5 Å². The lowest BCUT2D eigenvalue weighted by Gasteiger charge is -2.25. The van der Waals surface area contributed by atoms with Gasteiger partial charge in [-0.15, -0.1) is 0 Å². The van der Waals surface area contributed by atoms with Crippen molar-refractivity contribution >= 4 is 23.3 Å². The van der Waals surface area contributed by atoms with Crippen molar-refractivity contribution in [2.45, 2.75) is 19.1 Å². The van der Waals surface area contributed by atoms with Crippen molar-refractivity contribution < 1.29 is 28.7 Å². The molecule has 0 saturated heterocycles. The molecule has 0 saturated carbocycles. The normalized spacial score (nSPS) is 16.1. The Morgan fingerprint density at radius 1 is 1.19 bits per heavy atom. The molecule has 9 nitrogen and oxygen atoms in total. The molecule has 1 amide bonds. The first kappa shape index (κ1) is 18.2. The first-order chi connectivity index (χ1) is 13.0. The third-order valence-corrected chi connectivity index (χ3v) is 3.79. The van der Waals surface area contributed by atoms with E-state index in [9.17, 15) is 19.7 Å². The van der Waals surface area contributed by atoms with E-state index in [1.807, 2.05) is 0 Å². The van der Waals surface area contributed by atoms with Crippen LogP contribution in [0, 0.1) is 10.1 Å². The van der Waals surface area contributed by atoms with Crippen LogP contribution >= 0.6 is 0 Å². The Morgan fingerprint density at radius 2 is 1.85 bits per heavy atom. The van der Waals surface area contributed by atoms with Crippen molar-refractivity contribution in [3.05, 3.63) is 58.6 Å². The Bertz CT molecular complexity index is 884. The minimum absolute atomic E-state index is 0.0153. The highest BCUT2D eigenvalue weighted by Gasteiger charge is 2.31. The van der Waals surface area contributed by atoms with Gasteiger partial charge in [0.2, 0.25) is 6.10 Å². The van der Waals surface area contributed by atoms with Crippen LogP contribution in [0.1, 0.15) is 6.92 Å². The molecular formula is C18H16N2O7. The summed E-state index contributed by atoms with van der Waals surface area (Å²) in [5, 5.41) is 13.4. The third kappa shape index (κ3) is 4.14. The van der Waals surface area contributed by atoms with E-state index in [-0.39, 0.29) is 18.0 Å². The standard InChI is InChI=1S/C18H16N2O7/c1-11(17(21)19-12-6-2-3-7-13(12)20(23)24)26-18(22)16-10-25-14-8-4-5-9-15(14)27-16/h2-9,11,16H,10H2,1H3,(H,19,21)/t11-,16-/m0/s1. The minimum atomic E-state index is -1.18. The Hall–Kier alpha value is -3.62. The van der Waals surface area contributed by atoms with Crippen LogP contribution in [0.4, 0.5) is 11.4 Å². The zero-order valence-electron chi connectivity index (χ0n) is 14.3. The molecular weight excluding hydrogens is 356 g/mol. The monoisotopic (exact) mass is 372 g/mol. The molecule has 0 aromatic heterocycles. The lowest BCUT2D eigenvalue weighted by atomic mass is 10.2. The molecule has 0 unspecified atom stereocenters. The topological polar surface area (TPSA) is 117 Å². The van der Waals surface area contributed by atoms with Gasteiger partial charge in [0.1, 0.15) is 12.3 Å². The second-order valence-electron chi connectivity index (χ2n) is 5.71. The molecule has 0 fully saturated rings. The molecule has 27 heavy (non-hydrogen) atoms. The van der Waals surface area contributed by atoms with Gasteiger partial charge in [-0.05, 0) is 25.1 Å². The largest absolute Gasteiger partial charge is 0.485 e. The molecule has 0 aliphatic carbocycles. The molecule has 1 aliphatic rings. The minimum Gasteiger partial charge on any atom is -0.485 e. The van der Waals surface area contributed by atoms with Crippen LogP contribution in [0.3, 0.4) is 0 Å². The lowest BCUT2D eigenvalue weighted by Crippen LogP contribution is -2.41. The number of fused-ring (bicyclic) bond motifs is 1. The number of esters is 1. The number of carbonyl (C=O) groups is 2. The summed E-state index contributed by atoms with van der Waals surface area (Å²) in [5.41, 5.74) is -0.244. The van der Waals surface area contributed by atoms with Gasteiger partial charge in [-0.2, -0.15) is 0 Å². The summed E-state index contributed by atoms with van der Waals surface area (Å²) in [6.45, 7) is 1.31. The van der Waals surface area contributed by atoms with Crippen LogP contribution in [0.2, 0.25) is 0 Å². The SMILES string of the molecule is C[C@H](OC(=O)[C@@H]1COc2ccccc2O1)C(=O)Nc1ccccc1[N+](=O)[O-]. The summed E-state index contributed by atoms with van der Waals surface area (Å²) in [7, 11) is 0. The number of rotatable bonds is 5. The molecule has 3 rings (SSSR count). The molecule has 2 aromatic rings. The number of para-hydroxylation sites is 4. The molecule has 2 aromatic carbocycles. The van der Waals surface area contributed by atoms with Crippen LogP contribution in [0.5, 0.6) is 11.5 Å². The van der Waals surface area contributed by atoms with E-state index in [1.165, 1.54) is 25.1 Å². The van der Waals surface area contributed by atoms with Gasteiger partial charge in [-0.25, -0.2) is 4.79 Å². The predicted octanol–water partition coefficient (Wildman–Crippen LogP) is 2.30. The summed E-state index contributed by atoms with van der Waals surface area (Å²) in [5.74, 6) is -0.545. The van der Waals surface area contributed by atoms with E-state index in [2.05, 4.69) is 5.32 Å². The fourth-order valence-electron chi connectivity index (χ4n) is 2.41. The Morgan fingerprint density at radius 3 is 2.59 bits per heavy atom. The predicted molar refractivity (Wildman–Crippen MR) is 93.6 cm³/mol. The smallest absolute Gasteiger partial charge is 0.351 e. The van der Waals surface area contributed by atoms with Crippen LogP contribution in [-0.4, -0.2) is 35.6 Å². The fraction of sp³-hybridized carbons (Fsp3) is 0.222. The second kappa shape index (κ2) is 7.73. The van der Waals surface area contributed by atoms with Gasteiger partial charge in [0, 0.05) is 6.07 Å². The van der Waals surface area contributed by atoms with Crippen molar-refractivity contribution in [2.75, 3.05) is 11.9 Å². The molecule has 1 aliphatic heterocycles. The zero-order valence-corrected chi connectivity index (χ0v) is 14.3. The highest BCUT2D eigenvalue weighted by atomic mass is 16.6. The van der Waals surface area contributed by atoms with Crippen LogP contribution in [-0.2, 0) is 14.3 Å². The maximum atomic E-state index is 12.2. The zero-order chi connectivity index (χ0) is 19.4. The number of ether oxygens (including phenoxy) is 3. The summed E-state index contributed by atoms with van der Waals surface area (Å²) in [6.07, 6.45) is -2.20. The first-order valence-corrected chi connectivity index (χ1v) is 8.09. The molecule has 2 atom stereocenters. The molecule has 0 spiro atoms. The first-order valence-electron chi connectivity index (χ1n) is 8.09. The number of nitro benzene ring substituents is 1. The van der Waals surface area contributed by atoms with Crippen LogP contribution < -0.4 is 14.8 Å². The van der Waals surface area contributed by atoms with Gasteiger partial charge in [0.25, 0.3) is 11.6 Å². The van der Waals surface area contributed by atoms with E-state index >= 15 is 0 Å². The maximum absolute atomic E-state index is 12.2. The molecule has 9 heteroatoms. The number of benzene rings is 2. The van der Waals surface area contributed by atoms with Gasteiger partial charge in [-0.1, -0.05) is 24.3 Å². The van der Waals surface area contributed by atoms with Crippen molar-refractivity contribution in [2.24, 2.45) is 0 Å². The average Bonchev–Trinajstić information content (AvgIpc) is 2.67. The number of amides is 1. The van der Waals surface area contributed by atoms with Gasteiger partial charge in [0.15, 0.2) is 17.6 Å². The van der Waals surface area contributed by atoms with Crippen molar-refractivity contribution in [3.63, 3.8) is 0 Å². The van der Waals surface area contributed by atoms with Gasteiger partial charge < -0.3 is 19.5 Å². The number of carbonyl (C=O) groups excluding carboxylic acids is 2. The van der Waals surface area contributed by atoms with Crippen LogP contribution in [0.25, 0.3) is 0 Å². The van der Waals surface area contributed by atoms with Crippen molar-refractivity contribution in [3.8, 4) is 11.5 Å². The highest BCUT2D eigenvalue weighted by molar-refractivity contribution is 5.97. The quantitative estimate of drug-likeness (QED) is 0.486. The second-order valence-corrected chi connectivity index (χ2v) is 5.71. The summed E-state index contributed by atoms with van der Waals surface area (Å²) >= 11 is 0. The van der Waals surface area contributed by atoms with Gasteiger partial charge in [-0.3, -0.25) is 14.9 Å². The molecule has 0 bridgehead atoms. The molecule has 1 N–H and O–H groups in total. The number of hydrogen-bond donors (Lipinski definition) is 1. The Kier molecular flexibility index (Phi) is 5.20. The Labute approximate surface area is 154 Å². The van der Waals surface area contributed by atoms with Crippen molar-refractivity contribution in [1.82, 2.24) is 0 Å². The number of hydrogen-bond acceptors (Lipinski definition) is 7. The summed E-state index contributed by atoms with van der Waals surface area (Å²) in [4.78, 5) is 34.8. The molecule has 1 heterocycles. The van der Waals surface area contributed by atoms with Crippen LogP contribution in [0.15, 0.2) is 48.5 Å². The number of nitrogens with one attached hydrogen (secondary N) is 1. The number of anilines is 1. The van der Waals surface area contributed by atoms with Gasteiger partial charge >= 0.3 is 5.97 Å². The highest BCUT2D eigenvalue weighted by Crippen LogP contribution is 2.31. The number of nitro groups is 1. The van der Waals surface area contributed by atoms with E-state index in [0.717, 1.165) is 0 Å². The summed E-state index contributed by atoms with van der Waals surface area (Å²) < 4.78 is 16.1. The maximum Gasteiger partial charge on any atom is 0.351 e. The van der Waals surface area contributed by atoms with Gasteiger partial charge in [0.05, 0.1) is 4.92 Å². The number of nitrogens with zero attached hydrogens (tertiary/aromatic N) is 1. The van der Waals surface area contributed by atoms with E-state index in [4.69, 9.17) is 14.2 Å². The molecule has 0 radical (unpaired) electrons. The van der Waals surface area contributed by atoms with E-state index < -0.39 is 29.0 Å². The summed E-state index contributed by atoms with van der Waals surface area (Å²) in [6, 6.07) is 12.5. The third-order valence-electron chi connectivity index (χ3n) is 3.79. The molecule has 140 valence electrons. The van der Waals surface area contributed by atoms with Crippen molar-refractivity contribution in [1.29, 1.82) is 0 Å². The lowest BCUT2D eigenvalue weighted by molar-refractivity contribution is -0.383. The fourth-order valence-corrected chi connectivity index (χ4v) is 2.41.